The Kier molecular flexibility index (Phi) is 5.23. The summed E-state index contributed by atoms with van der Waals surface area (Å²) >= 11 is 0. The van der Waals surface area contributed by atoms with Gasteiger partial charge < -0.3 is 15.5 Å². The van der Waals surface area contributed by atoms with Crippen LogP contribution in [0.5, 0.6) is 0 Å². The first-order valence-electron chi connectivity index (χ1n) is 7.83. The Morgan fingerprint density at radius 2 is 2.05 bits per heavy atom. The van der Waals surface area contributed by atoms with Crippen molar-refractivity contribution in [2.24, 2.45) is 5.92 Å². The van der Waals surface area contributed by atoms with E-state index in [4.69, 9.17) is 0 Å². The summed E-state index contributed by atoms with van der Waals surface area (Å²) in [4.78, 5) is 14.2. The molecule has 1 fully saturated rings. The maximum absolute atomic E-state index is 11.8. The number of carbonyl (C=O) groups is 1. The van der Waals surface area contributed by atoms with Gasteiger partial charge in [0.15, 0.2) is 0 Å². The minimum atomic E-state index is -0.00338. The molecule has 1 amide bonds. The van der Waals surface area contributed by atoms with Crippen LogP contribution in [0.4, 0.5) is 11.4 Å². The van der Waals surface area contributed by atoms with Crippen LogP contribution in [-0.4, -0.2) is 36.5 Å². The smallest absolute Gasteiger partial charge is 0.226 e. The van der Waals surface area contributed by atoms with Gasteiger partial charge in [-0.2, -0.15) is 0 Å². The van der Waals surface area contributed by atoms with Crippen molar-refractivity contribution in [2.45, 2.75) is 45.7 Å². The average Bonchev–Trinajstić information content (AvgIpc) is 2.43. The predicted molar refractivity (Wildman–Crippen MR) is 88.6 cm³/mol. The Labute approximate surface area is 127 Å². The monoisotopic (exact) mass is 289 g/mol. The fourth-order valence-corrected chi connectivity index (χ4v) is 2.63. The molecule has 0 bridgehead atoms. The molecule has 0 saturated carbocycles. The quantitative estimate of drug-likeness (QED) is 0.895. The zero-order chi connectivity index (χ0) is 15.4. The van der Waals surface area contributed by atoms with Crippen molar-refractivity contribution >= 4 is 17.3 Å². The molecule has 0 aliphatic carbocycles. The van der Waals surface area contributed by atoms with E-state index >= 15 is 0 Å². The average molecular weight is 289 g/mol. The molecular weight excluding hydrogens is 262 g/mol. The van der Waals surface area contributed by atoms with Gasteiger partial charge in [-0.1, -0.05) is 19.9 Å². The number of hydrogen-bond donors (Lipinski definition) is 2. The molecule has 0 radical (unpaired) electrons. The van der Waals surface area contributed by atoms with Crippen LogP contribution in [0.2, 0.25) is 0 Å². The Morgan fingerprint density at radius 1 is 1.33 bits per heavy atom. The van der Waals surface area contributed by atoms with E-state index in [9.17, 15) is 4.79 Å². The maximum Gasteiger partial charge on any atom is 0.226 e. The lowest BCUT2D eigenvalue weighted by Crippen LogP contribution is -2.42. The summed E-state index contributed by atoms with van der Waals surface area (Å²) in [5.74, 6) is 0.0522. The van der Waals surface area contributed by atoms with E-state index in [1.807, 2.05) is 32.0 Å². The molecular formula is C17H27N3O. The van der Waals surface area contributed by atoms with E-state index in [0.717, 1.165) is 30.8 Å². The molecule has 2 unspecified atom stereocenters. The molecule has 2 N–H and O–H groups in total. The topological polar surface area (TPSA) is 44.4 Å². The van der Waals surface area contributed by atoms with Crippen molar-refractivity contribution in [3.05, 3.63) is 24.3 Å². The van der Waals surface area contributed by atoms with Crippen LogP contribution in [-0.2, 0) is 4.79 Å². The molecule has 1 heterocycles. The van der Waals surface area contributed by atoms with E-state index in [-0.39, 0.29) is 11.8 Å². The Hall–Kier alpha value is -1.55. The molecule has 2 rings (SSSR count). The van der Waals surface area contributed by atoms with Crippen LogP contribution in [0.25, 0.3) is 0 Å². The first-order chi connectivity index (χ1) is 9.95. The van der Waals surface area contributed by atoms with Gasteiger partial charge in [-0.05, 0) is 45.0 Å². The van der Waals surface area contributed by atoms with Gasteiger partial charge in [0.05, 0.1) is 0 Å². The first kappa shape index (κ1) is 15.8. The van der Waals surface area contributed by atoms with Crippen LogP contribution in [0.3, 0.4) is 0 Å². The van der Waals surface area contributed by atoms with Gasteiger partial charge in [0.2, 0.25) is 5.91 Å². The molecule has 1 aliphatic rings. The summed E-state index contributed by atoms with van der Waals surface area (Å²) in [5.41, 5.74) is 1.94. The first-order valence-corrected chi connectivity index (χ1v) is 7.83. The third-order valence-electron chi connectivity index (χ3n) is 4.23. The summed E-state index contributed by atoms with van der Waals surface area (Å²) in [5, 5.41) is 6.54. The second-order valence-corrected chi connectivity index (χ2v) is 6.42. The van der Waals surface area contributed by atoms with Gasteiger partial charge in [0.1, 0.15) is 0 Å². The fourth-order valence-electron chi connectivity index (χ4n) is 2.63. The summed E-state index contributed by atoms with van der Waals surface area (Å²) < 4.78 is 0. The van der Waals surface area contributed by atoms with Crippen molar-refractivity contribution in [3.8, 4) is 0 Å². The predicted octanol–water partition coefficient (Wildman–Crippen LogP) is 3.18. The lowest BCUT2D eigenvalue weighted by molar-refractivity contribution is -0.118. The number of amides is 1. The standard InChI is InChI=1S/C17H27N3O/c1-12(2)17(21)19-15-7-5-6-14(11-15)18-16-8-9-20(4)13(3)10-16/h5-7,11-13,16,18H,8-10H2,1-4H3,(H,19,21). The SMILES string of the molecule is CC(C)C(=O)Nc1cccc(NC2CCN(C)C(C)C2)c1. The molecule has 4 heteroatoms. The largest absolute Gasteiger partial charge is 0.382 e. The van der Waals surface area contributed by atoms with E-state index in [1.54, 1.807) is 0 Å². The zero-order valence-corrected chi connectivity index (χ0v) is 13.5. The van der Waals surface area contributed by atoms with Gasteiger partial charge in [0.25, 0.3) is 0 Å². The maximum atomic E-state index is 11.8. The molecule has 2 atom stereocenters. The number of nitrogens with one attached hydrogen (secondary N) is 2. The molecule has 4 nitrogen and oxygen atoms in total. The normalized spacial score (nSPS) is 23.1. The summed E-state index contributed by atoms with van der Waals surface area (Å²) in [7, 11) is 2.18. The van der Waals surface area contributed by atoms with Crippen molar-refractivity contribution in [1.82, 2.24) is 4.90 Å². The summed E-state index contributed by atoms with van der Waals surface area (Å²) in [6.07, 6.45) is 2.31. The highest BCUT2D eigenvalue weighted by Crippen LogP contribution is 2.22. The molecule has 21 heavy (non-hydrogen) atoms. The van der Waals surface area contributed by atoms with Gasteiger partial charge >= 0.3 is 0 Å². The van der Waals surface area contributed by atoms with E-state index < -0.39 is 0 Å². The number of piperidine rings is 1. The van der Waals surface area contributed by atoms with Crippen molar-refractivity contribution in [1.29, 1.82) is 0 Å². The number of rotatable bonds is 4. The Bertz CT molecular complexity index is 487. The number of carbonyl (C=O) groups excluding carboxylic acids is 1. The highest BCUT2D eigenvalue weighted by atomic mass is 16.1. The number of hydrogen-bond acceptors (Lipinski definition) is 3. The minimum Gasteiger partial charge on any atom is -0.382 e. The van der Waals surface area contributed by atoms with Gasteiger partial charge in [-0.15, -0.1) is 0 Å². The van der Waals surface area contributed by atoms with E-state index in [0.29, 0.717) is 12.1 Å². The van der Waals surface area contributed by atoms with E-state index in [1.165, 1.54) is 0 Å². The van der Waals surface area contributed by atoms with Crippen molar-refractivity contribution < 1.29 is 4.79 Å². The van der Waals surface area contributed by atoms with Crippen LogP contribution in [0.1, 0.15) is 33.6 Å². The van der Waals surface area contributed by atoms with Crippen LogP contribution in [0.15, 0.2) is 24.3 Å². The summed E-state index contributed by atoms with van der Waals surface area (Å²) in [6.45, 7) is 7.20. The highest BCUT2D eigenvalue weighted by molar-refractivity contribution is 5.92. The molecule has 116 valence electrons. The Morgan fingerprint density at radius 3 is 2.71 bits per heavy atom. The third-order valence-corrected chi connectivity index (χ3v) is 4.23. The third kappa shape index (κ3) is 4.46. The minimum absolute atomic E-state index is 0.00338. The number of nitrogens with zero attached hydrogens (tertiary/aromatic N) is 1. The number of likely N-dealkylation sites (tertiary alicyclic amines) is 1. The fraction of sp³-hybridized carbons (Fsp3) is 0.588. The van der Waals surface area contributed by atoms with Crippen LogP contribution >= 0.6 is 0 Å². The van der Waals surface area contributed by atoms with Crippen LogP contribution in [0, 0.1) is 5.92 Å². The summed E-state index contributed by atoms with van der Waals surface area (Å²) in [6, 6.07) is 9.11. The molecule has 1 saturated heterocycles. The molecule has 1 aromatic carbocycles. The van der Waals surface area contributed by atoms with Crippen LogP contribution < -0.4 is 10.6 Å². The molecule has 0 spiro atoms. The van der Waals surface area contributed by atoms with Gasteiger partial charge in [-0.3, -0.25) is 4.79 Å². The molecule has 0 aromatic heterocycles. The van der Waals surface area contributed by atoms with Gasteiger partial charge in [0, 0.05) is 35.9 Å². The lowest BCUT2D eigenvalue weighted by Gasteiger charge is -2.35. The lowest BCUT2D eigenvalue weighted by atomic mass is 9.98. The van der Waals surface area contributed by atoms with Gasteiger partial charge in [-0.25, -0.2) is 0 Å². The molecule has 1 aromatic rings. The van der Waals surface area contributed by atoms with Crippen molar-refractivity contribution in [2.75, 3.05) is 24.2 Å². The number of benzene rings is 1. The zero-order valence-electron chi connectivity index (χ0n) is 13.5. The second-order valence-electron chi connectivity index (χ2n) is 6.42. The Balaban J connectivity index is 1.96. The molecule has 1 aliphatic heterocycles. The highest BCUT2D eigenvalue weighted by Gasteiger charge is 2.22. The van der Waals surface area contributed by atoms with E-state index in [2.05, 4.69) is 35.6 Å². The number of anilines is 2. The van der Waals surface area contributed by atoms with Crippen molar-refractivity contribution in [3.63, 3.8) is 0 Å². The second kappa shape index (κ2) is 6.94.